The molecule has 1 spiro atoms. The van der Waals surface area contributed by atoms with Gasteiger partial charge in [-0.3, -0.25) is 19.3 Å². The Kier molecular flexibility index (Phi) is 4.60. The minimum absolute atomic E-state index is 0.0140. The van der Waals surface area contributed by atoms with Crippen LogP contribution in [0.1, 0.15) is 12.0 Å². The van der Waals surface area contributed by atoms with Gasteiger partial charge in [-0.15, -0.1) is 0 Å². The minimum atomic E-state index is -1.56. The number of fused-ring (bicyclic) bond motifs is 7. The molecule has 33 heavy (non-hydrogen) atoms. The lowest BCUT2D eigenvalue weighted by Crippen LogP contribution is -2.54. The number of benzene rings is 1. The predicted molar refractivity (Wildman–Crippen MR) is 122 cm³/mol. The van der Waals surface area contributed by atoms with Crippen molar-refractivity contribution in [2.75, 3.05) is 16.8 Å². The Morgan fingerprint density at radius 1 is 1.03 bits per heavy atom. The first-order valence-corrected chi connectivity index (χ1v) is 11.6. The molecule has 0 radical (unpaired) electrons. The lowest BCUT2D eigenvalue weighted by Gasteiger charge is -2.36. The second kappa shape index (κ2) is 7.04. The van der Waals surface area contributed by atoms with Crippen LogP contribution in [0, 0.1) is 11.8 Å². The molecule has 8 nitrogen and oxygen atoms in total. The maximum atomic E-state index is 13.9. The van der Waals surface area contributed by atoms with Crippen LogP contribution in [-0.2, 0) is 19.9 Å². The molecule has 6 rings (SSSR count). The quantitative estimate of drug-likeness (QED) is 0.436. The number of hydrogen-bond acceptors (Lipinski definition) is 6. The summed E-state index contributed by atoms with van der Waals surface area (Å²) in [5.41, 5.74) is -0.799. The largest absolute Gasteiger partial charge is 0.392 e. The zero-order valence-electron chi connectivity index (χ0n) is 16.6. The number of carbonyl (C=O) groups excluding carboxylic acids is 3. The van der Waals surface area contributed by atoms with Gasteiger partial charge in [0, 0.05) is 34.3 Å². The Morgan fingerprint density at radius 2 is 1.76 bits per heavy atom. The third-order valence-electron chi connectivity index (χ3n) is 7.01. The van der Waals surface area contributed by atoms with Crippen molar-refractivity contribution in [3.05, 3.63) is 50.0 Å². The van der Waals surface area contributed by atoms with Crippen LogP contribution >= 0.6 is 46.4 Å². The minimum Gasteiger partial charge on any atom is -0.392 e. The van der Waals surface area contributed by atoms with Crippen molar-refractivity contribution in [3.8, 4) is 0 Å². The summed E-state index contributed by atoms with van der Waals surface area (Å²) >= 11 is 24.8. The van der Waals surface area contributed by atoms with Crippen LogP contribution in [0.15, 0.2) is 24.3 Å². The Labute approximate surface area is 207 Å². The van der Waals surface area contributed by atoms with Gasteiger partial charge in [0.05, 0.1) is 28.6 Å². The van der Waals surface area contributed by atoms with E-state index in [-0.39, 0.29) is 39.0 Å². The van der Waals surface area contributed by atoms with Crippen molar-refractivity contribution in [2.24, 2.45) is 11.8 Å². The molecule has 3 fully saturated rings. The first-order valence-electron chi connectivity index (χ1n) is 10.1. The highest BCUT2D eigenvalue weighted by atomic mass is 35.5. The summed E-state index contributed by atoms with van der Waals surface area (Å²) in [6.07, 6.45) is -0.536. The summed E-state index contributed by atoms with van der Waals surface area (Å²) in [5, 5.41) is 14.0. The maximum Gasteiger partial charge on any atom is 0.250 e. The Hall–Kier alpha value is -1.94. The number of nitrogens with zero attached hydrogens (tertiary/aromatic N) is 3. The van der Waals surface area contributed by atoms with Gasteiger partial charge in [0.25, 0.3) is 5.91 Å². The Bertz CT molecular complexity index is 1270. The van der Waals surface area contributed by atoms with Gasteiger partial charge in [0.15, 0.2) is 0 Å². The highest BCUT2D eigenvalue weighted by Crippen LogP contribution is 2.61. The van der Waals surface area contributed by atoms with Gasteiger partial charge in [-0.05, 0) is 24.6 Å². The molecule has 1 aromatic heterocycles. The van der Waals surface area contributed by atoms with Crippen LogP contribution in [0.4, 0.5) is 11.5 Å². The summed E-state index contributed by atoms with van der Waals surface area (Å²) in [5.74, 6) is -3.58. The fourth-order valence-electron chi connectivity index (χ4n) is 6.01. The lowest BCUT2D eigenvalue weighted by atomic mass is 9.75. The van der Waals surface area contributed by atoms with Gasteiger partial charge in [-0.1, -0.05) is 46.4 Å². The zero-order chi connectivity index (χ0) is 23.4. The summed E-state index contributed by atoms with van der Waals surface area (Å²) < 4.78 is 0. The molecular formula is C21H14Cl4N4O4. The number of pyridine rings is 1. The second-order valence-corrected chi connectivity index (χ2v) is 10.3. The predicted octanol–water partition coefficient (Wildman–Crippen LogP) is 3.10. The molecule has 1 aromatic carbocycles. The van der Waals surface area contributed by atoms with E-state index in [0.29, 0.717) is 11.3 Å². The molecule has 3 amide bonds. The molecule has 5 heterocycles. The maximum absolute atomic E-state index is 13.9. The third-order valence-corrected chi connectivity index (χ3v) is 7.94. The van der Waals surface area contributed by atoms with Crippen molar-refractivity contribution in [1.29, 1.82) is 0 Å². The number of carbonyl (C=O) groups is 3. The molecule has 2 aromatic rings. The summed E-state index contributed by atoms with van der Waals surface area (Å²) in [4.78, 5) is 48.0. The van der Waals surface area contributed by atoms with E-state index in [1.54, 1.807) is 11.0 Å². The fraction of sp³-hybridized carbons (Fsp3) is 0.333. The molecular weight excluding hydrogens is 514 g/mol. The number of amides is 3. The van der Waals surface area contributed by atoms with Crippen LogP contribution in [-0.4, -0.2) is 51.4 Å². The van der Waals surface area contributed by atoms with E-state index in [2.05, 4.69) is 10.3 Å². The van der Waals surface area contributed by atoms with E-state index in [4.69, 9.17) is 46.4 Å². The van der Waals surface area contributed by atoms with E-state index in [9.17, 15) is 19.5 Å². The van der Waals surface area contributed by atoms with Crippen LogP contribution < -0.4 is 10.2 Å². The van der Waals surface area contributed by atoms with Gasteiger partial charge in [0.2, 0.25) is 11.8 Å². The number of halogens is 4. The van der Waals surface area contributed by atoms with E-state index in [1.165, 1.54) is 18.2 Å². The highest BCUT2D eigenvalue weighted by Gasteiger charge is 2.75. The third kappa shape index (κ3) is 2.68. The van der Waals surface area contributed by atoms with Gasteiger partial charge < -0.3 is 10.4 Å². The molecule has 170 valence electrons. The first kappa shape index (κ1) is 21.6. The van der Waals surface area contributed by atoms with Crippen LogP contribution in [0.2, 0.25) is 20.2 Å². The summed E-state index contributed by atoms with van der Waals surface area (Å²) in [6, 6.07) is 5.29. The molecule has 4 unspecified atom stereocenters. The van der Waals surface area contributed by atoms with Crippen LogP contribution in [0.3, 0.4) is 0 Å². The van der Waals surface area contributed by atoms with Crippen LogP contribution in [0.5, 0.6) is 0 Å². The zero-order valence-corrected chi connectivity index (χ0v) is 19.6. The molecule has 4 aliphatic heterocycles. The number of imide groups is 1. The molecule has 2 N–H and O–H groups in total. The Balaban J connectivity index is 1.58. The number of anilines is 2. The highest BCUT2D eigenvalue weighted by molar-refractivity contribution is 6.38. The molecule has 3 saturated heterocycles. The lowest BCUT2D eigenvalue weighted by molar-refractivity contribution is -0.135. The standard InChI is InChI=1S/C21H14Cl4N4O4/c22-7-1-10-17(11(24)2-7)27-20(33)21(10)16-15(12-5-9(30)6-28(12)21)18(31)29(19(16)32)14-4-8(23)3-13(25)26-14/h1-4,9,12,15-16,30H,5-6H2,(H,27,33)/t9-,12?,15?,16?,21?/m0/s1. The Morgan fingerprint density at radius 3 is 2.48 bits per heavy atom. The summed E-state index contributed by atoms with van der Waals surface area (Å²) in [7, 11) is 0. The fourth-order valence-corrected chi connectivity index (χ4v) is 7.01. The molecule has 0 aliphatic carbocycles. The molecule has 5 atom stereocenters. The molecule has 0 saturated carbocycles. The van der Waals surface area contributed by atoms with Crippen molar-refractivity contribution in [1.82, 2.24) is 9.88 Å². The second-order valence-electron chi connectivity index (χ2n) is 8.62. The number of nitrogens with one attached hydrogen (secondary N) is 1. The van der Waals surface area contributed by atoms with Gasteiger partial charge >= 0.3 is 0 Å². The number of aliphatic hydroxyl groups excluding tert-OH is 1. The summed E-state index contributed by atoms with van der Waals surface area (Å²) in [6.45, 7) is 0.121. The van der Waals surface area contributed by atoms with Crippen molar-refractivity contribution in [2.45, 2.75) is 24.1 Å². The van der Waals surface area contributed by atoms with E-state index in [0.717, 1.165) is 4.90 Å². The number of aromatic nitrogens is 1. The first-order chi connectivity index (χ1) is 15.6. The van der Waals surface area contributed by atoms with Gasteiger partial charge in [0.1, 0.15) is 16.5 Å². The van der Waals surface area contributed by atoms with Crippen molar-refractivity contribution < 1.29 is 19.5 Å². The van der Waals surface area contributed by atoms with Crippen molar-refractivity contribution >= 4 is 75.6 Å². The average Bonchev–Trinajstić information content (AvgIpc) is 3.37. The average molecular weight is 528 g/mol. The van der Waals surface area contributed by atoms with Crippen molar-refractivity contribution in [3.63, 3.8) is 0 Å². The SMILES string of the molecule is O=C1C2C3C[C@H](O)CN3C3(C(=O)Nc4c(Cl)cc(Cl)cc43)C2C(=O)N1c1cc(Cl)cc(Cl)n1. The topological polar surface area (TPSA) is 103 Å². The van der Waals surface area contributed by atoms with E-state index >= 15 is 0 Å². The molecule has 0 bridgehead atoms. The van der Waals surface area contributed by atoms with Gasteiger partial charge in [-0.25, -0.2) is 9.88 Å². The van der Waals surface area contributed by atoms with E-state index < -0.39 is 47.2 Å². The molecule has 4 aliphatic rings. The number of aliphatic hydroxyl groups is 1. The monoisotopic (exact) mass is 526 g/mol. The number of hydrogen-bond donors (Lipinski definition) is 2. The smallest absolute Gasteiger partial charge is 0.250 e. The van der Waals surface area contributed by atoms with Crippen LogP contribution in [0.25, 0.3) is 0 Å². The van der Waals surface area contributed by atoms with Gasteiger partial charge in [-0.2, -0.15) is 0 Å². The van der Waals surface area contributed by atoms with E-state index in [1.807, 2.05) is 0 Å². The normalized spacial score (nSPS) is 32.5. The number of rotatable bonds is 1. The molecule has 12 heteroatoms.